The van der Waals surface area contributed by atoms with Gasteiger partial charge in [-0.05, 0) is 66.3 Å². The number of rotatable bonds is 6. The van der Waals surface area contributed by atoms with E-state index in [1.54, 1.807) is 30.5 Å². The van der Waals surface area contributed by atoms with Crippen LogP contribution in [-0.4, -0.2) is 17.4 Å². The third-order valence-corrected chi connectivity index (χ3v) is 6.69. The largest absolute Gasteiger partial charge is 0.361 e. The molecular formula is C23H24N2O2S. The molecule has 0 bridgehead atoms. The van der Waals surface area contributed by atoms with Crippen molar-refractivity contribution in [3.8, 4) is 11.3 Å². The SMILES string of the molecule is CC(C)CCc1cc(-c2ccc3[nH]ccc3c2)n(S(=O)(=O)c2ccccc2)c1. The summed E-state index contributed by atoms with van der Waals surface area (Å²) in [5.74, 6) is 0.564. The van der Waals surface area contributed by atoms with E-state index in [9.17, 15) is 8.42 Å². The van der Waals surface area contributed by atoms with E-state index >= 15 is 0 Å². The fraction of sp³-hybridized carbons (Fsp3) is 0.217. The maximum absolute atomic E-state index is 13.3. The van der Waals surface area contributed by atoms with Crippen molar-refractivity contribution in [3.05, 3.63) is 78.6 Å². The summed E-state index contributed by atoms with van der Waals surface area (Å²) in [6, 6.07) is 18.6. The van der Waals surface area contributed by atoms with Crippen molar-refractivity contribution in [2.75, 3.05) is 0 Å². The van der Waals surface area contributed by atoms with Crippen LogP contribution < -0.4 is 0 Å². The van der Waals surface area contributed by atoms with E-state index in [2.05, 4.69) is 18.8 Å². The van der Waals surface area contributed by atoms with Gasteiger partial charge < -0.3 is 4.98 Å². The smallest absolute Gasteiger partial charge is 0.268 e. The summed E-state index contributed by atoms with van der Waals surface area (Å²) in [7, 11) is -3.67. The molecule has 5 heteroatoms. The average Bonchev–Trinajstić information content (AvgIpc) is 3.33. The van der Waals surface area contributed by atoms with Crippen LogP contribution in [0, 0.1) is 5.92 Å². The van der Waals surface area contributed by atoms with Crippen LogP contribution in [0.4, 0.5) is 0 Å². The van der Waals surface area contributed by atoms with Gasteiger partial charge in [0.25, 0.3) is 10.0 Å². The van der Waals surface area contributed by atoms with Crippen molar-refractivity contribution in [2.24, 2.45) is 5.92 Å². The van der Waals surface area contributed by atoms with Gasteiger partial charge in [0.1, 0.15) is 0 Å². The maximum Gasteiger partial charge on any atom is 0.268 e. The van der Waals surface area contributed by atoms with E-state index in [1.807, 2.05) is 42.6 Å². The molecule has 2 aromatic heterocycles. The van der Waals surface area contributed by atoms with E-state index in [-0.39, 0.29) is 0 Å². The molecule has 4 aromatic rings. The monoisotopic (exact) mass is 392 g/mol. The highest BCUT2D eigenvalue weighted by Crippen LogP contribution is 2.30. The van der Waals surface area contributed by atoms with E-state index in [0.717, 1.165) is 34.9 Å². The van der Waals surface area contributed by atoms with Gasteiger partial charge in [0.15, 0.2) is 0 Å². The molecule has 4 rings (SSSR count). The Kier molecular flexibility index (Phi) is 4.85. The summed E-state index contributed by atoms with van der Waals surface area (Å²) in [5.41, 5.74) is 3.67. The van der Waals surface area contributed by atoms with Gasteiger partial charge in [-0.1, -0.05) is 38.1 Å². The number of aryl methyl sites for hydroxylation is 1. The number of fused-ring (bicyclic) bond motifs is 1. The Bertz CT molecular complexity index is 1200. The summed E-state index contributed by atoms with van der Waals surface area (Å²) in [6.45, 7) is 4.36. The zero-order valence-electron chi connectivity index (χ0n) is 16.1. The lowest BCUT2D eigenvalue weighted by Crippen LogP contribution is -2.13. The van der Waals surface area contributed by atoms with Crippen LogP contribution in [0.15, 0.2) is 78.0 Å². The van der Waals surface area contributed by atoms with E-state index in [0.29, 0.717) is 16.5 Å². The standard InChI is InChI=1S/C23H24N2O2S/c1-17(2)8-9-18-14-23(20-10-11-22-19(15-20)12-13-24-22)25(16-18)28(26,27)21-6-4-3-5-7-21/h3-7,10-17,24H,8-9H2,1-2H3. The summed E-state index contributed by atoms with van der Waals surface area (Å²) < 4.78 is 28.1. The lowest BCUT2D eigenvalue weighted by molar-refractivity contribution is 0.584. The third-order valence-electron chi connectivity index (χ3n) is 5.00. The first kappa shape index (κ1) is 18.6. The van der Waals surface area contributed by atoms with Gasteiger partial charge in [-0.15, -0.1) is 0 Å². The molecule has 2 aromatic carbocycles. The number of hydrogen-bond donors (Lipinski definition) is 1. The summed E-state index contributed by atoms with van der Waals surface area (Å²) in [6.07, 6.45) is 5.55. The van der Waals surface area contributed by atoms with Crippen LogP contribution in [0.2, 0.25) is 0 Å². The van der Waals surface area contributed by atoms with Crippen molar-refractivity contribution in [2.45, 2.75) is 31.6 Å². The number of H-pyrrole nitrogens is 1. The molecular weight excluding hydrogens is 368 g/mol. The predicted octanol–water partition coefficient (Wildman–Crippen LogP) is 5.46. The molecule has 0 saturated heterocycles. The van der Waals surface area contributed by atoms with E-state index in [4.69, 9.17) is 0 Å². The van der Waals surface area contributed by atoms with Gasteiger partial charge in [-0.2, -0.15) is 0 Å². The molecule has 28 heavy (non-hydrogen) atoms. The molecule has 0 aliphatic rings. The zero-order valence-corrected chi connectivity index (χ0v) is 16.9. The van der Waals surface area contributed by atoms with Crippen LogP contribution in [0.1, 0.15) is 25.8 Å². The third kappa shape index (κ3) is 3.50. The highest BCUT2D eigenvalue weighted by molar-refractivity contribution is 7.90. The quantitative estimate of drug-likeness (QED) is 0.473. The molecule has 0 unspecified atom stereocenters. The first-order chi connectivity index (χ1) is 13.4. The number of aromatic nitrogens is 2. The Morgan fingerprint density at radius 1 is 1.00 bits per heavy atom. The molecule has 0 spiro atoms. The molecule has 4 nitrogen and oxygen atoms in total. The number of aromatic amines is 1. The van der Waals surface area contributed by atoms with Crippen LogP contribution in [0.25, 0.3) is 22.2 Å². The highest BCUT2D eigenvalue weighted by Gasteiger charge is 2.22. The molecule has 0 aliphatic carbocycles. The topological polar surface area (TPSA) is 54.9 Å². The average molecular weight is 393 g/mol. The van der Waals surface area contributed by atoms with Gasteiger partial charge in [-0.3, -0.25) is 0 Å². The van der Waals surface area contributed by atoms with Crippen LogP contribution in [0.5, 0.6) is 0 Å². The molecule has 0 radical (unpaired) electrons. The Morgan fingerprint density at radius 2 is 1.79 bits per heavy atom. The first-order valence-electron chi connectivity index (χ1n) is 9.54. The molecule has 0 fully saturated rings. The van der Waals surface area contributed by atoms with Crippen molar-refractivity contribution in [1.82, 2.24) is 8.96 Å². The minimum absolute atomic E-state index is 0.296. The molecule has 0 saturated carbocycles. The van der Waals surface area contributed by atoms with Crippen molar-refractivity contribution in [3.63, 3.8) is 0 Å². The van der Waals surface area contributed by atoms with Gasteiger partial charge in [0.05, 0.1) is 10.6 Å². The molecule has 2 heterocycles. The van der Waals surface area contributed by atoms with Gasteiger partial charge in [0.2, 0.25) is 0 Å². The van der Waals surface area contributed by atoms with Gasteiger partial charge in [0, 0.05) is 23.3 Å². The van der Waals surface area contributed by atoms with Crippen LogP contribution in [-0.2, 0) is 16.4 Å². The molecule has 144 valence electrons. The summed E-state index contributed by atoms with van der Waals surface area (Å²) in [4.78, 5) is 3.48. The summed E-state index contributed by atoms with van der Waals surface area (Å²) >= 11 is 0. The maximum atomic E-state index is 13.3. The highest BCUT2D eigenvalue weighted by atomic mass is 32.2. The molecule has 1 N–H and O–H groups in total. The lowest BCUT2D eigenvalue weighted by Gasteiger charge is -2.11. The fourth-order valence-electron chi connectivity index (χ4n) is 3.42. The molecule has 0 aliphatic heterocycles. The number of hydrogen-bond acceptors (Lipinski definition) is 2. The van der Waals surface area contributed by atoms with E-state index < -0.39 is 10.0 Å². The number of benzene rings is 2. The Morgan fingerprint density at radius 3 is 2.54 bits per heavy atom. The minimum atomic E-state index is -3.67. The first-order valence-corrected chi connectivity index (χ1v) is 11.0. The number of nitrogens with one attached hydrogen (secondary N) is 1. The predicted molar refractivity (Wildman–Crippen MR) is 114 cm³/mol. The van der Waals surface area contributed by atoms with E-state index in [1.165, 1.54) is 3.97 Å². The second-order valence-corrected chi connectivity index (χ2v) is 9.37. The molecule has 0 amide bonds. The summed E-state index contributed by atoms with van der Waals surface area (Å²) in [5, 5.41) is 1.06. The lowest BCUT2D eigenvalue weighted by atomic mass is 10.0. The van der Waals surface area contributed by atoms with Crippen LogP contribution >= 0.6 is 0 Å². The van der Waals surface area contributed by atoms with Crippen molar-refractivity contribution < 1.29 is 8.42 Å². The number of nitrogens with zero attached hydrogens (tertiary/aromatic N) is 1. The second-order valence-electron chi connectivity index (χ2n) is 7.56. The fourth-order valence-corrected chi connectivity index (χ4v) is 4.84. The van der Waals surface area contributed by atoms with Gasteiger partial charge >= 0.3 is 0 Å². The Hall–Kier alpha value is -2.79. The zero-order chi connectivity index (χ0) is 19.7. The van der Waals surface area contributed by atoms with Gasteiger partial charge in [-0.25, -0.2) is 12.4 Å². The van der Waals surface area contributed by atoms with Crippen LogP contribution in [0.3, 0.4) is 0 Å². The Labute approximate surface area is 165 Å². The second kappa shape index (κ2) is 7.32. The minimum Gasteiger partial charge on any atom is -0.361 e. The normalized spacial score (nSPS) is 12.1. The Balaban J connectivity index is 1.86. The molecule has 0 atom stereocenters. The van der Waals surface area contributed by atoms with Crippen molar-refractivity contribution in [1.29, 1.82) is 0 Å². The van der Waals surface area contributed by atoms with Crippen molar-refractivity contribution >= 4 is 20.9 Å².